The van der Waals surface area contributed by atoms with Crippen molar-refractivity contribution in [3.8, 4) is 0 Å². The van der Waals surface area contributed by atoms with Crippen LogP contribution < -0.4 is 0 Å². The van der Waals surface area contributed by atoms with E-state index in [1.807, 2.05) is 4.90 Å². The Morgan fingerprint density at radius 1 is 1.26 bits per heavy atom. The third-order valence-corrected chi connectivity index (χ3v) is 6.88. The third kappa shape index (κ3) is 3.13. The van der Waals surface area contributed by atoms with Crippen LogP contribution in [0.1, 0.15) is 62.2 Å². The number of hydrogen-bond donors (Lipinski definition) is 0. The largest absolute Gasteiger partial charge is 0.339 e. The fourth-order valence-electron chi connectivity index (χ4n) is 3.61. The van der Waals surface area contributed by atoms with Gasteiger partial charge in [-0.25, -0.2) is 8.42 Å². The van der Waals surface area contributed by atoms with Crippen LogP contribution in [0.15, 0.2) is 4.52 Å². The minimum Gasteiger partial charge on any atom is -0.339 e. The zero-order valence-corrected chi connectivity index (χ0v) is 13.8. The molecule has 0 bridgehead atoms. The highest BCUT2D eigenvalue weighted by Gasteiger charge is 2.37. The molecular formula is C15H21N3O4S. The third-order valence-electron chi connectivity index (χ3n) is 5.05. The Morgan fingerprint density at radius 3 is 2.78 bits per heavy atom. The first-order chi connectivity index (χ1) is 11.0. The Morgan fingerprint density at radius 2 is 2.09 bits per heavy atom. The summed E-state index contributed by atoms with van der Waals surface area (Å²) in [5.41, 5.74) is 0. The molecule has 0 aromatic carbocycles. The summed E-state index contributed by atoms with van der Waals surface area (Å²) >= 11 is 0. The lowest BCUT2D eigenvalue weighted by Gasteiger charge is -2.23. The average molecular weight is 339 g/mol. The maximum absolute atomic E-state index is 12.6. The zero-order valence-electron chi connectivity index (χ0n) is 13.0. The van der Waals surface area contributed by atoms with E-state index >= 15 is 0 Å². The number of carbonyl (C=O) groups is 1. The van der Waals surface area contributed by atoms with Crippen LogP contribution in [0.5, 0.6) is 0 Å². The molecular weight excluding hydrogens is 318 g/mol. The number of rotatable bonds is 4. The zero-order chi connectivity index (χ0) is 16.0. The van der Waals surface area contributed by atoms with Gasteiger partial charge in [0.1, 0.15) is 0 Å². The van der Waals surface area contributed by atoms with E-state index in [4.69, 9.17) is 4.52 Å². The lowest BCUT2D eigenvalue weighted by atomic mass is 10.0. The lowest BCUT2D eigenvalue weighted by molar-refractivity contribution is -0.133. The molecule has 23 heavy (non-hydrogen) atoms. The minimum absolute atomic E-state index is 0.0207. The topological polar surface area (TPSA) is 93.4 Å². The first-order valence-electron chi connectivity index (χ1n) is 8.35. The van der Waals surface area contributed by atoms with Crippen LogP contribution in [0.25, 0.3) is 0 Å². The second kappa shape index (κ2) is 5.58. The standard InChI is InChI=1S/C15H21N3O4S/c19-13(8-10-5-7-23(20,21)9-10)18-6-1-2-12(18)14-16-15(22-17-14)11-3-4-11/h10-12H,1-9H2. The maximum Gasteiger partial charge on any atom is 0.229 e. The molecule has 4 rings (SSSR count). The first-order valence-corrected chi connectivity index (χ1v) is 10.2. The number of hydrogen-bond acceptors (Lipinski definition) is 6. The van der Waals surface area contributed by atoms with Gasteiger partial charge in [0.25, 0.3) is 0 Å². The summed E-state index contributed by atoms with van der Waals surface area (Å²) in [6.45, 7) is 0.691. The number of sulfone groups is 1. The molecule has 1 aliphatic carbocycles. The van der Waals surface area contributed by atoms with Gasteiger partial charge >= 0.3 is 0 Å². The van der Waals surface area contributed by atoms with Gasteiger partial charge in [0.05, 0.1) is 17.5 Å². The van der Waals surface area contributed by atoms with E-state index in [-0.39, 0.29) is 29.4 Å². The molecule has 2 aliphatic heterocycles. The van der Waals surface area contributed by atoms with Crippen LogP contribution >= 0.6 is 0 Å². The van der Waals surface area contributed by atoms with Crippen molar-refractivity contribution in [1.29, 1.82) is 0 Å². The monoisotopic (exact) mass is 339 g/mol. The second-order valence-electron chi connectivity index (χ2n) is 6.98. The Labute approximate surface area is 135 Å². The number of nitrogens with zero attached hydrogens (tertiary/aromatic N) is 3. The number of carbonyl (C=O) groups excluding carboxylic acids is 1. The van der Waals surface area contributed by atoms with Gasteiger partial charge in [-0.2, -0.15) is 4.98 Å². The van der Waals surface area contributed by atoms with Crippen molar-refractivity contribution in [2.45, 2.75) is 50.5 Å². The molecule has 7 nitrogen and oxygen atoms in total. The summed E-state index contributed by atoms with van der Waals surface area (Å²) in [5.74, 6) is 2.05. The molecule has 1 aromatic rings. The normalized spacial score (nSPS) is 30.0. The lowest BCUT2D eigenvalue weighted by Crippen LogP contribution is -2.32. The van der Waals surface area contributed by atoms with E-state index in [0.717, 1.165) is 25.7 Å². The SMILES string of the molecule is O=C(CC1CCS(=O)(=O)C1)N1CCCC1c1noc(C2CC2)n1. The van der Waals surface area contributed by atoms with Crippen molar-refractivity contribution in [1.82, 2.24) is 15.0 Å². The van der Waals surface area contributed by atoms with Gasteiger partial charge in [-0.3, -0.25) is 4.79 Å². The van der Waals surface area contributed by atoms with Crippen molar-refractivity contribution in [3.05, 3.63) is 11.7 Å². The fourth-order valence-corrected chi connectivity index (χ4v) is 5.47. The molecule has 0 radical (unpaired) electrons. The molecule has 0 spiro atoms. The Balaban J connectivity index is 1.43. The average Bonchev–Trinajstić information content (AvgIpc) is 2.93. The van der Waals surface area contributed by atoms with E-state index in [0.29, 0.717) is 37.0 Å². The molecule has 3 fully saturated rings. The van der Waals surface area contributed by atoms with Crippen LogP contribution in [0.4, 0.5) is 0 Å². The summed E-state index contributed by atoms with van der Waals surface area (Å²) in [6, 6.07) is -0.114. The summed E-state index contributed by atoms with van der Waals surface area (Å²) in [4.78, 5) is 18.9. The summed E-state index contributed by atoms with van der Waals surface area (Å²) in [7, 11) is -2.94. The van der Waals surface area contributed by atoms with Crippen molar-refractivity contribution in [2.75, 3.05) is 18.1 Å². The van der Waals surface area contributed by atoms with Gasteiger partial charge in [0, 0.05) is 18.9 Å². The molecule has 2 atom stereocenters. The van der Waals surface area contributed by atoms with Crippen molar-refractivity contribution in [3.63, 3.8) is 0 Å². The van der Waals surface area contributed by atoms with Gasteiger partial charge in [-0.05, 0) is 38.0 Å². The van der Waals surface area contributed by atoms with Crippen LogP contribution in [0.3, 0.4) is 0 Å². The van der Waals surface area contributed by atoms with E-state index in [9.17, 15) is 13.2 Å². The van der Waals surface area contributed by atoms with E-state index in [2.05, 4.69) is 10.1 Å². The minimum atomic E-state index is -2.94. The molecule has 8 heteroatoms. The number of aromatic nitrogens is 2. The molecule has 1 aromatic heterocycles. The molecule has 1 amide bonds. The Bertz CT molecular complexity index is 710. The Kier molecular flexibility index (Phi) is 3.66. The summed E-state index contributed by atoms with van der Waals surface area (Å²) in [6.07, 6.45) is 4.88. The van der Waals surface area contributed by atoms with Crippen LogP contribution in [-0.4, -0.2) is 47.4 Å². The summed E-state index contributed by atoms with van der Waals surface area (Å²) in [5, 5.41) is 4.07. The highest BCUT2D eigenvalue weighted by atomic mass is 32.2. The van der Waals surface area contributed by atoms with Crippen LogP contribution in [0.2, 0.25) is 0 Å². The maximum atomic E-state index is 12.6. The van der Waals surface area contributed by atoms with E-state index in [1.54, 1.807) is 0 Å². The van der Waals surface area contributed by atoms with Crippen LogP contribution in [0, 0.1) is 5.92 Å². The van der Waals surface area contributed by atoms with Crippen LogP contribution in [-0.2, 0) is 14.6 Å². The fraction of sp³-hybridized carbons (Fsp3) is 0.800. The van der Waals surface area contributed by atoms with Crippen molar-refractivity contribution in [2.24, 2.45) is 5.92 Å². The smallest absolute Gasteiger partial charge is 0.229 e. The van der Waals surface area contributed by atoms with Gasteiger partial charge in [-0.15, -0.1) is 0 Å². The highest BCUT2D eigenvalue weighted by molar-refractivity contribution is 7.91. The highest BCUT2D eigenvalue weighted by Crippen LogP contribution is 2.40. The summed E-state index contributed by atoms with van der Waals surface area (Å²) < 4.78 is 28.4. The molecule has 0 N–H and O–H groups in total. The van der Waals surface area contributed by atoms with Gasteiger partial charge in [-0.1, -0.05) is 5.16 Å². The van der Waals surface area contributed by atoms with E-state index < -0.39 is 9.84 Å². The second-order valence-corrected chi connectivity index (χ2v) is 9.21. The van der Waals surface area contributed by atoms with Crippen molar-refractivity contribution >= 4 is 15.7 Å². The molecule has 126 valence electrons. The number of amides is 1. The molecule has 3 heterocycles. The van der Waals surface area contributed by atoms with Gasteiger partial charge < -0.3 is 9.42 Å². The molecule has 2 unspecified atom stereocenters. The van der Waals surface area contributed by atoms with Gasteiger partial charge in [0.2, 0.25) is 11.8 Å². The quantitative estimate of drug-likeness (QED) is 0.824. The Hall–Kier alpha value is -1.44. The molecule has 2 saturated heterocycles. The predicted octanol–water partition coefficient (Wildman–Crippen LogP) is 1.44. The first kappa shape index (κ1) is 15.1. The molecule has 1 saturated carbocycles. The molecule has 3 aliphatic rings. The predicted molar refractivity (Wildman–Crippen MR) is 81.3 cm³/mol. The van der Waals surface area contributed by atoms with Crippen molar-refractivity contribution < 1.29 is 17.7 Å². The van der Waals surface area contributed by atoms with Gasteiger partial charge in [0.15, 0.2) is 15.7 Å². The van der Waals surface area contributed by atoms with E-state index in [1.165, 1.54) is 0 Å². The number of likely N-dealkylation sites (tertiary alicyclic amines) is 1.